The highest BCUT2D eigenvalue weighted by molar-refractivity contribution is 5.82. The summed E-state index contributed by atoms with van der Waals surface area (Å²) in [7, 11) is 2.02. The second-order valence-electron chi connectivity index (χ2n) is 7.07. The van der Waals surface area contributed by atoms with E-state index in [4.69, 9.17) is 0 Å². The third-order valence-electron chi connectivity index (χ3n) is 5.16. The Morgan fingerprint density at radius 2 is 1.85 bits per heavy atom. The van der Waals surface area contributed by atoms with Gasteiger partial charge in [0.2, 0.25) is 5.91 Å². The number of hydrogen-bond donors (Lipinski definition) is 1. The third kappa shape index (κ3) is 3.93. The van der Waals surface area contributed by atoms with Gasteiger partial charge < -0.3 is 5.32 Å². The first-order valence-electron chi connectivity index (χ1n) is 9.34. The monoisotopic (exact) mass is 360 g/mol. The van der Waals surface area contributed by atoms with Crippen LogP contribution in [0.3, 0.4) is 0 Å². The molecule has 2 heterocycles. The van der Waals surface area contributed by atoms with Crippen LogP contribution in [-0.4, -0.2) is 40.2 Å². The molecule has 1 aliphatic heterocycles. The average molecular weight is 360 g/mol. The molecular formula is C22H24N4O. The first kappa shape index (κ1) is 17.5. The molecule has 0 fully saturated rings. The molecule has 4 rings (SSSR count). The highest BCUT2D eigenvalue weighted by atomic mass is 16.2. The molecule has 1 aliphatic rings. The fourth-order valence-corrected chi connectivity index (χ4v) is 3.61. The summed E-state index contributed by atoms with van der Waals surface area (Å²) in [5, 5.41) is 7.50. The smallest absolute Gasteiger partial charge is 0.237 e. The predicted octanol–water partition coefficient (Wildman–Crippen LogP) is 2.59. The molecule has 2 aromatic carbocycles. The van der Waals surface area contributed by atoms with Crippen molar-refractivity contribution in [3.8, 4) is 5.69 Å². The van der Waals surface area contributed by atoms with Crippen LogP contribution < -0.4 is 5.32 Å². The summed E-state index contributed by atoms with van der Waals surface area (Å²) in [5.41, 5.74) is 4.74. The van der Waals surface area contributed by atoms with Crippen molar-refractivity contribution in [1.82, 2.24) is 20.0 Å². The average Bonchev–Trinajstić information content (AvgIpc) is 3.17. The van der Waals surface area contributed by atoms with Gasteiger partial charge in [0.15, 0.2) is 0 Å². The molecule has 0 spiro atoms. The number of likely N-dealkylation sites (N-methyl/N-ethyl adjacent to an activating group) is 1. The fraction of sp³-hybridized carbons (Fsp3) is 0.273. The first-order valence-corrected chi connectivity index (χ1v) is 9.34. The fourth-order valence-electron chi connectivity index (χ4n) is 3.61. The summed E-state index contributed by atoms with van der Waals surface area (Å²) in [6.07, 6.45) is 5.42. The van der Waals surface area contributed by atoms with E-state index in [2.05, 4.69) is 33.5 Å². The van der Waals surface area contributed by atoms with Crippen LogP contribution in [-0.2, 0) is 24.2 Å². The van der Waals surface area contributed by atoms with Crippen LogP contribution in [0.25, 0.3) is 5.69 Å². The first-order chi connectivity index (χ1) is 13.2. The molecule has 0 aliphatic carbocycles. The van der Waals surface area contributed by atoms with Crippen LogP contribution in [0.5, 0.6) is 0 Å². The minimum absolute atomic E-state index is 0.0995. The van der Waals surface area contributed by atoms with Crippen molar-refractivity contribution >= 4 is 5.91 Å². The molecule has 3 aromatic rings. The highest BCUT2D eigenvalue weighted by Gasteiger charge is 2.28. The second-order valence-corrected chi connectivity index (χ2v) is 7.07. The number of benzene rings is 2. The zero-order chi connectivity index (χ0) is 18.6. The molecule has 5 nitrogen and oxygen atoms in total. The molecule has 138 valence electrons. The number of nitrogens with zero attached hydrogens (tertiary/aromatic N) is 3. The van der Waals surface area contributed by atoms with Crippen molar-refractivity contribution in [1.29, 1.82) is 0 Å². The lowest BCUT2D eigenvalue weighted by Crippen LogP contribution is -2.48. The lowest BCUT2D eigenvalue weighted by molar-refractivity contribution is -0.126. The number of carbonyl (C=O) groups is 1. The van der Waals surface area contributed by atoms with Crippen LogP contribution in [0.15, 0.2) is 67.0 Å². The van der Waals surface area contributed by atoms with Gasteiger partial charge in [0.25, 0.3) is 0 Å². The van der Waals surface area contributed by atoms with E-state index in [1.54, 1.807) is 0 Å². The van der Waals surface area contributed by atoms with Gasteiger partial charge >= 0.3 is 0 Å². The Hall–Kier alpha value is -2.92. The van der Waals surface area contributed by atoms with Gasteiger partial charge in [-0.05, 0) is 48.7 Å². The highest BCUT2D eigenvalue weighted by Crippen LogP contribution is 2.21. The molecule has 1 aromatic heterocycles. The van der Waals surface area contributed by atoms with Crippen LogP contribution in [0, 0.1) is 0 Å². The van der Waals surface area contributed by atoms with Crippen LogP contribution in [0.2, 0.25) is 0 Å². The normalized spacial score (nSPS) is 16.7. The second kappa shape index (κ2) is 7.76. The molecule has 1 atom stereocenters. The number of nitrogens with one attached hydrogen (secondary N) is 1. The van der Waals surface area contributed by atoms with Crippen molar-refractivity contribution in [2.24, 2.45) is 0 Å². The van der Waals surface area contributed by atoms with Crippen LogP contribution in [0.1, 0.15) is 16.7 Å². The van der Waals surface area contributed by atoms with Crippen LogP contribution in [0.4, 0.5) is 0 Å². The van der Waals surface area contributed by atoms with E-state index < -0.39 is 0 Å². The molecule has 0 saturated carbocycles. The Morgan fingerprint density at radius 3 is 2.67 bits per heavy atom. The van der Waals surface area contributed by atoms with E-state index >= 15 is 0 Å². The Balaban J connectivity index is 1.32. The van der Waals surface area contributed by atoms with Gasteiger partial charge in [-0.15, -0.1) is 0 Å². The Bertz CT molecular complexity index is 919. The largest absolute Gasteiger partial charge is 0.354 e. The Labute approximate surface area is 159 Å². The zero-order valence-electron chi connectivity index (χ0n) is 15.5. The summed E-state index contributed by atoms with van der Waals surface area (Å²) in [6, 6.07) is 18.3. The van der Waals surface area contributed by atoms with Crippen molar-refractivity contribution < 1.29 is 4.79 Å². The van der Waals surface area contributed by atoms with E-state index in [1.165, 1.54) is 11.1 Å². The minimum Gasteiger partial charge on any atom is -0.354 e. The SMILES string of the molecule is CN1Cc2ccccc2C[C@@H]1C(=O)NCCc1cnn(-c2ccccc2)c1. The summed E-state index contributed by atoms with van der Waals surface area (Å²) in [6.45, 7) is 1.43. The maximum absolute atomic E-state index is 12.7. The van der Waals surface area contributed by atoms with Gasteiger partial charge in [0.1, 0.15) is 0 Å². The molecule has 27 heavy (non-hydrogen) atoms. The van der Waals surface area contributed by atoms with E-state index in [-0.39, 0.29) is 11.9 Å². The van der Waals surface area contributed by atoms with E-state index in [0.29, 0.717) is 6.54 Å². The number of rotatable bonds is 5. The molecule has 0 bridgehead atoms. The standard InChI is InChI=1S/C22H24N4O/c1-25-16-19-8-6-5-7-18(19)13-21(25)22(27)23-12-11-17-14-24-26(15-17)20-9-3-2-4-10-20/h2-10,14-15,21H,11-13,16H2,1H3,(H,23,27)/t21-/m1/s1. The Morgan fingerprint density at radius 1 is 1.11 bits per heavy atom. The number of carbonyl (C=O) groups excluding carboxylic acids is 1. The number of hydrogen-bond acceptors (Lipinski definition) is 3. The Kier molecular flexibility index (Phi) is 5.03. The van der Waals surface area contributed by atoms with Gasteiger partial charge in [-0.25, -0.2) is 4.68 Å². The molecule has 0 radical (unpaired) electrons. The van der Waals surface area contributed by atoms with Gasteiger partial charge in [-0.3, -0.25) is 9.69 Å². The number of amides is 1. The number of para-hydroxylation sites is 1. The van der Waals surface area contributed by atoms with Crippen molar-refractivity contribution in [3.05, 3.63) is 83.7 Å². The van der Waals surface area contributed by atoms with Crippen LogP contribution >= 0.6 is 0 Å². The topological polar surface area (TPSA) is 50.2 Å². The lowest BCUT2D eigenvalue weighted by atomic mass is 9.94. The summed E-state index contributed by atoms with van der Waals surface area (Å²) in [5.74, 6) is 0.0995. The molecule has 1 N–H and O–H groups in total. The summed E-state index contributed by atoms with van der Waals surface area (Å²) in [4.78, 5) is 14.8. The van der Waals surface area contributed by atoms with Gasteiger partial charge in [0.05, 0.1) is 17.9 Å². The predicted molar refractivity (Wildman–Crippen MR) is 106 cm³/mol. The van der Waals surface area contributed by atoms with Crippen molar-refractivity contribution in [2.45, 2.75) is 25.4 Å². The van der Waals surface area contributed by atoms with E-state index in [9.17, 15) is 4.79 Å². The molecule has 0 unspecified atom stereocenters. The van der Waals surface area contributed by atoms with E-state index in [0.717, 1.165) is 30.6 Å². The zero-order valence-corrected chi connectivity index (χ0v) is 15.5. The van der Waals surface area contributed by atoms with E-state index in [1.807, 2.05) is 60.5 Å². The van der Waals surface area contributed by atoms with Crippen molar-refractivity contribution in [2.75, 3.05) is 13.6 Å². The van der Waals surface area contributed by atoms with Gasteiger partial charge in [0, 0.05) is 19.3 Å². The van der Waals surface area contributed by atoms with Crippen molar-refractivity contribution in [3.63, 3.8) is 0 Å². The van der Waals surface area contributed by atoms with Gasteiger partial charge in [-0.2, -0.15) is 5.10 Å². The maximum atomic E-state index is 12.7. The molecule has 5 heteroatoms. The molecule has 0 saturated heterocycles. The van der Waals surface area contributed by atoms with Gasteiger partial charge in [-0.1, -0.05) is 42.5 Å². The maximum Gasteiger partial charge on any atom is 0.237 e. The summed E-state index contributed by atoms with van der Waals surface area (Å²) >= 11 is 0. The number of fused-ring (bicyclic) bond motifs is 1. The lowest BCUT2D eigenvalue weighted by Gasteiger charge is -2.33. The quantitative estimate of drug-likeness (QED) is 0.761. The third-order valence-corrected chi connectivity index (χ3v) is 5.16. The minimum atomic E-state index is -0.105. The molecule has 1 amide bonds. The number of aromatic nitrogens is 2. The summed E-state index contributed by atoms with van der Waals surface area (Å²) < 4.78 is 1.86. The molecular weight excluding hydrogens is 336 g/mol.